The number of rotatable bonds is 5. The quantitative estimate of drug-likeness (QED) is 0.824. The van der Waals surface area contributed by atoms with Crippen molar-refractivity contribution in [2.75, 3.05) is 18.8 Å². The summed E-state index contributed by atoms with van der Waals surface area (Å²) in [5, 5.41) is 8.53. The molecule has 0 amide bonds. The van der Waals surface area contributed by atoms with E-state index < -0.39 is 15.8 Å². The van der Waals surface area contributed by atoms with Crippen molar-refractivity contribution < 1.29 is 12.8 Å². The van der Waals surface area contributed by atoms with Gasteiger partial charge in [0.15, 0.2) is 0 Å². The highest BCUT2D eigenvalue weighted by Crippen LogP contribution is 2.29. The number of sulfonamides is 1. The molecule has 0 saturated heterocycles. The van der Waals surface area contributed by atoms with Gasteiger partial charge in [0.2, 0.25) is 10.0 Å². The topological polar surface area (TPSA) is 87.2 Å². The Balaban J connectivity index is 3.26. The van der Waals surface area contributed by atoms with Crippen LogP contribution in [0.3, 0.4) is 0 Å². The summed E-state index contributed by atoms with van der Waals surface area (Å²) >= 11 is 3.02. The molecule has 1 aromatic carbocycles. The molecule has 2 N–H and O–H groups in total. The first kappa shape index (κ1) is 15.9. The molecular formula is C11H13BrFN3O2S. The van der Waals surface area contributed by atoms with E-state index in [4.69, 9.17) is 11.0 Å². The number of nitrogens with zero attached hydrogens (tertiary/aromatic N) is 2. The van der Waals surface area contributed by atoms with Gasteiger partial charge in [0, 0.05) is 24.0 Å². The van der Waals surface area contributed by atoms with Gasteiger partial charge in [-0.05, 0) is 28.1 Å². The predicted octanol–water partition coefficient (Wildman–Crippen LogP) is 2.09. The Hall–Kier alpha value is -1.17. The van der Waals surface area contributed by atoms with Gasteiger partial charge < -0.3 is 5.73 Å². The molecule has 0 radical (unpaired) electrons. The third-order valence-electron chi connectivity index (χ3n) is 2.49. The van der Waals surface area contributed by atoms with Crippen LogP contribution in [0.2, 0.25) is 0 Å². The Morgan fingerprint density at radius 2 is 2.16 bits per heavy atom. The van der Waals surface area contributed by atoms with Crippen LogP contribution in [0.25, 0.3) is 0 Å². The van der Waals surface area contributed by atoms with Gasteiger partial charge in [0.05, 0.1) is 16.7 Å². The normalized spacial score (nSPS) is 11.5. The van der Waals surface area contributed by atoms with Crippen LogP contribution < -0.4 is 5.73 Å². The van der Waals surface area contributed by atoms with Crippen molar-refractivity contribution in [1.82, 2.24) is 4.31 Å². The zero-order chi connectivity index (χ0) is 14.6. The molecule has 0 fully saturated rings. The molecule has 1 aromatic rings. The van der Waals surface area contributed by atoms with Crippen LogP contribution >= 0.6 is 15.9 Å². The highest BCUT2D eigenvalue weighted by molar-refractivity contribution is 9.10. The van der Waals surface area contributed by atoms with Crippen LogP contribution in [0.5, 0.6) is 0 Å². The highest BCUT2D eigenvalue weighted by Gasteiger charge is 2.26. The highest BCUT2D eigenvalue weighted by atomic mass is 79.9. The van der Waals surface area contributed by atoms with Crippen molar-refractivity contribution in [3.8, 4) is 6.07 Å². The summed E-state index contributed by atoms with van der Waals surface area (Å²) in [6.45, 7) is 1.96. The third kappa shape index (κ3) is 3.43. The first-order valence-electron chi connectivity index (χ1n) is 5.46. The Bertz CT molecular complexity index is 613. The summed E-state index contributed by atoms with van der Waals surface area (Å²) in [5.41, 5.74) is 5.16. The molecule has 8 heteroatoms. The van der Waals surface area contributed by atoms with Crippen LogP contribution in [-0.4, -0.2) is 25.8 Å². The van der Waals surface area contributed by atoms with Crippen LogP contribution in [0.4, 0.5) is 10.1 Å². The number of nitrogens with two attached hydrogens (primary N) is 1. The second kappa shape index (κ2) is 6.32. The predicted molar refractivity (Wildman–Crippen MR) is 73.2 cm³/mol. The second-order valence-electron chi connectivity index (χ2n) is 3.71. The van der Waals surface area contributed by atoms with Gasteiger partial charge in [0.1, 0.15) is 5.82 Å². The first-order valence-corrected chi connectivity index (χ1v) is 7.69. The zero-order valence-electron chi connectivity index (χ0n) is 10.2. The molecule has 0 bridgehead atoms. The Labute approximate surface area is 120 Å². The first-order chi connectivity index (χ1) is 8.84. The maximum absolute atomic E-state index is 13.2. The number of hydrogen-bond acceptors (Lipinski definition) is 4. The summed E-state index contributed by atoms with van der Waals surface area (Å²) < 4.78 is 39.2. The van der Waals surface area contributed by atoms with E-state index in [2.05, 4.69) is 15.9 Å². The van der Waals surface area contributed by atoms with E-state index in [-0.39, 0.29) is 34.6 Å². The van der Waals surface area contributed by atoms with Crippen molar-refractivity contribution in [2.24, 2.45) is 0 Å². The lowest BCUT2D eigenvalue weighted by Gasteiger charge is -2.20. The van der Waals surface area contributed by atoms with E-state index >= 15 is 0 Å². The minimum atomic E-state index is -3.80. The van der Waals surface area contributed by atoms with Crippen molar-refractivity contribution in [3.05, 3.63) is 22.4 Å². The molecule has 0 saturated carbocycles. The minimum absolute atomic E-state index is 0.0824. The third-order valence-corrected chi connectivity index (χ3v) is 5.43. The average molecular weight is 350 g/mol. The molecule has 0 aliphatic heterocycles. The van der Waals surface area contributed by atoms with Gasteiger partial charge in [-0.3, -0.25) is 0 Å². The number of benzene rings is 1. The lowest BCUT2D eigenvalue weighted by atomic mass is 10.3. The lowest BCUT2D eigenvalue weighted by molar-refractivity contribution is 0.434. The average Bonchev–Trinajstić information content (AvgIpc) is 2.34. The fraction of sp³-hybridized carbons (Fsp3) is 0.364. The summed E-state index contributed by atoms with van der Waals surface area (Å²) in [6, 6.07) is 3.98. The minimum Gasteiger partial charge on any atom is -0.396 e. The van der Waals surface area contributed by atoms with Crippen LogP contribution in [0.15, 0.2) is 21.5 Å². The van der Waals surface area contributed by atoms with Gasteiger partial charge in [-0.1, -0.05) is 6.92 Å². The molecule has 0 aromatic heterocycles. The van der Waals surface area contributed by atoms with Crippen LogP contribution in [0.1, 0.15) is 13.3 Å². The van der Waals surface area contributed by atoms with E-state index in [0.717, 1.165) is 16.4 Å². The van der Waals surface area contributed by atoms with E-state index in [1.54, 1.807) is 6.92 Å². The fourth-order valence-corrected chi connectivity index (χ4v) is 3.96. The van der Waals surface area contributed by atoms with E-state index in [0.29, 0.717) is 0 Å². The van der Waals surface area contributed by atoms with Crippen molar-refractivity contribution >= 4 is 31.6 Å². The van der Waals surface area contributed by atoms with Crippen LogP contribution in [-0.2, 0) is 10.0 Å². The van der Waals surface area contributed by atoms with Crippen molar-refractivity contribution in [2.45, 2.75) is 18.2 Å². The van der Waals surface area contributed by atoms with Crippen molar-refractivity contribution in [1.29, 1.82) is 5.26 Å². The molecule has 0 heterocycles. The largest absolute Gasteiger partial charge is 0.396 e. The molecule has 1 rings (SSSR count). The standard InChI is InChI=1S/C11H13BrFN3O2S/c1-2-16(5-3-4-14)19(17,18)11-7-10(15)9(13)6-8(11)12/h6-7H,2-3,5,15H2,1H3. The summed E-state index contributed by atoms with van der Waals surface area (Å²) in [7, 11) is -3.80. The molecule has 0 aliphatic carbocycles. The molecule has 0 atom stereocenters. The smallest absolute Gasteiger partial charge is 0.244 e. The number of halogens is 2. The molecule has 0 unspecified atom stereocenters. The molecule has 5 nitrogen and oxygen atoms in total. The number of anilines is 1. The van der Waals surface area contributed by atoms with Gasteiger partial charge in [-0.25, -0.2) is 12.8 Å². The van der Waals surface area contributed by atoms with Crippen LogP contribution in [0, 0.1) is 17.1 Å². The van der Waals surface area contributed by atoms with E-state index in [9.17, 15) is 12.8 Å². The maximum atomic E-state index is 13.2. The molecular weight excluding hydrogens is 337 g/mol. The Morgan fingerprint density at radius 3 is 2.68 bits per heavy atom. The summed E-state index contributed by atoms with van der Waals surface area (Å²) in [4.78, 5) is -0.105. The summed E-state index contributed by atoms with van der Waals surface area (Å²) in [6.07, 6.45) is 0.0847. The molecule has 104 valence electrons. The van der Waals surface area contributed by atoms with E-state index in [1.807, 2.05) is 6.07 Å². The monoisotopic (exact) mass is 349 g/mol. The zero-order valence-corrected chi connectivity index (χ0v) is 12.6. The number of hydrogen-bond donors (Lipinski definition) is 1. The van der Waals surface area contributed by atoms with Gasteiger partial charge in [0.25, 0.3) is 0 Å². The lowest BCUT2D eigenvalue weighted by Crippen LogP contribution is -2.32. The summed E-state index contributed by atoms with van der Waals surface area (Å²) in [5.74, 6) is -0.689. The van der Waals surface area contributed by atoms with Gasteiger partial charge in [-0.15, -0.1) is 0 Å². The van der Waals surface area contributed by atoms with Gasteiger partial charge >= 0.3 is 0 Å². The molecule has 0 spiro atoms. The number of nitriles is 1. The Morgan fingerprint density at radius 1 is 1.53 bits per heavy atom. The molecule has 19 heavy (non-hydrogen) atoms. The van der Waals surface area contributed by atoms with Gasteiger partial charge in [-0.2, -0.15) is 9.57 Å². The SMILES string of the molecule is CCN(CCC#N)S(=O)(=O)c1cc(N)c(F)cc1Br. The Kier molecular flexibility index (Phi) is 5.29. The van der Waals surface area contributed by atoms with E-state index in [1.165, 1.54) is 0 Å². The molecule has 0 aliphatic rings. The fourth-order valence-electron chi connectivity index (χ4n) is 1.50. The second-order valence-corrected chi connectivity index (χ2v) is 6.47. The number of nitrogen functional groups attached to an aromatic ring is 1. The van der Waals surface area contributed by atoms with Crippen molar-refractivity contribution in [3.63, 3.8) is 0 Å². The maximum Gasteiger partial charge on any atom is 0.244 e.